The second-order valence-electron chi connectivity index (χ2n) is 7.34. The molecule has 0 spiro atoms. The maximum Gasteiger partial charge on any atom is 0.110 e. The fraction of sp³-hybridized carbons (Fsp3) is 0.526. The van der Waals surface area contributed by atoms with Gasteiger partial charge in [0.15, 0.2) is 0 Å². The van der Waals surface area contributed by atoms with E-state index >= 15 is 0 Å². The van der Waals surface area contributed by atoms with Crippen molar-refractivity contribution in [3.05, 3.63) is 42.4 Å². The third kappa shape index (κ3) is 2.50. The second-order valence-corrected chi connectivity index (χ2v) is 7.34. The maximum atomic E-state index is 5.95. The number of rotatable bonds is 4. The predicted octanol–water partition coefficient (Wildman–Crippen LogP) is 3.93. The van der Waals surface area contributed by atoms with Gasteiger partial charge < -0.3 is 14.0 Å². The van der Waals surface area contributed by atoms with Crippen LogP contribution >= 0.6 is 0 Å². The first-order valence-corrected chi connectivity index (χ1v) is 8.36. The summed E-state index contributed by atoms with van der Waals surface area (Å²) in [7, 11) is 1.81. The van der Waals surface area contributed by atoms with Gasteiger partial charge in [0.1, 0.15) is 5.60 Å². The highest BCUT2D eigenvalue weighted by molar-refractivity contribution is 5.64. The van der Waals surface area contributed by atoms with Crippen LogP contribution in [-0.2, 0) is 15.1 Å². The van der Waals surface area contributed by atoms with E-state index in [1.807, 2.05) is 19.5 Å². The van der Waals surface area contributed by atoms with Crippen LogP contribution in [0.1, 0.15) is 44.8 Å². The molecule has 4 rings (SSSR count). The zero-order chi connectivity index (χ0) is 16.1. The molecule has 23 heavy (non-hydrogen) atoms. The Morgan fingerprint density at radius 3 is 2.52 bits per heavy atom. The monoisotopic (exact) mass is 312 g/mol. The summed E-state index contributed by atoms with van der Waals surface area (Å²) in [5, 5.41) is 0. The minimum atomic E-state index is -0.172. The predicted molar refractivity (Wildman–Crippen MR) is 89.3 cm³/mol. The lowest BCUT2D eigenvalue weighted by Gasteiger charge is -2.22. The largest absolute Gasteiger partial charge is 0.373 e. The summed E-state index contributed by atoms with van der Waals surface area (Å²) in [5.41, 5.74) is 3.19. The van der Waals surface area contributed by atoms with Crippen molar-refractivity contribution in [2.75, 3.05) is 13.7 Å². The van der Waals surface area contributed by atoms with Crippen molar-refractivity contribution in [3.8, 4) is 11.3 Å². The minimum Gasteiger partial charge on any atom is -0.373 e. The van der Waals surface area contributed by atoms with E-state index in [0.29, 0.717) is 6.04 Å². The van der Waals surface area contributed by atoms with Crippen molar-refractivity contribution < 1.29 is 9.47 Å². The van der Waals surface area contributed by atoms with Crippen molar-refractivity contribution in [2.24, 2.45) is 0 Å². The van der Waals surface area contributed by atoms with Crippen molar-refractivity contribution in [3.63, 3.8) is 0 Å². The van der Waals surface area contributed by atoms with Gasteiger partial charge >= 0.3 is 0 Å². The Morgan fingerprint density at radius 1 is 1.22 bits per heavy atom. The molecule has 2 heterocycles. The molecule has 0 N–H and O–H groups in total. The summed E-state index contributed by atoms with van der Waals surface area (Å²) < 4.78 is 14.2. The number of hydrogen-bond donors (Lipinski definition) is 0. The molecule has 2 aliphatic rings. The van der Waals surface area contributed by atoms with Crippen molar-refractivity contribution in [1.29, 1.82) is 0 Å². The lowest BCUT2D eigenvalue weighted by atomic mass is 10.0. The van der Waals surface area contributed by atoms with E-state index < -0.39 is 0 Å². The molecule has 0 radical (unpaired) electrons. The van der Waals surface area contributed by atoms with E-state index in [0.717, 1.165) is 37.1 Å². The summed E-state index contributed by atoms with van der Waals surface area (Å²) in [5.74, 6) is 0. The van der Waals surface area contributed by atoms with Crippen LogP contribution in [-0.4, -0.2) is 28.9 Å². The molecule has 1 unspecified atom stereocenters. The van der Waals surface area contributed by atoms with Crippen LogP contribution < -0.4 is 0 Å². The average Bonchev–Trinajstić information content (AvgIpc) is 3.07. The second kappa shape index (κ2) is 5.18. The van der Waals surface area contributed by atoms with Crippen LogP contribution in [0.25, 0.3) is 11.3 Å². The Balaban J connectivity index is 1.80. The smallest absolute Gasteiger partial charge is 0.110 e. The summed E-state index contributed by atoms with van der Waals surface area (Å²) in [6, 6.07) is 10.7. The van der Waals surface area contributed by atoms with Gasteiger partial charge in [-0.05, 0) is 33.1 Å². The maximum absolute atomic E-state index is 5.95. The molecule has 1 atom stereocenters. The van der Waals surface area contributed by atoms with Gasteiger partial charge in [-0.25, -0.2) is 4.98 Å². The Morgan fingerprint density at radius 2 is 1.96 bits per heavy atom. The minimum absolute atomic E-state index is 0.0666. The van der Waals surface area contributed by atoms with E-state index in [4.69, 9.17) is 14.5 Å². The van der Waals surface area contributed by atoms with E-state index in [9.17, 15) is 0 Å². The number of hydrogen-bond acceptors (Lipinski definition) is 3. The third-order valence-corrected chi connectivity index (χ3v) is 5.15. The molecule has 1 aliphatic heterocycles. The van der Waals surface area contributed by atoms with Crippen LogP contribution in [0.15, 0.2) is 36.7 Å². The van der Waals surface area contributed by atoms with Crippen LogP contribution in [0.3, 0.4) is 0 Å². The zero-order valence-electron chi connectivity index (χ0n) is 14.1. The molecule has 2 fully saturated rings. The van der Waals surface area contributed by atoms with E-state index in [1.165, 1.54) is 5.69 Å². The standard InChI is InChI=1S/C19H24N2O2/c1-18(2)11-15(12-23-18)21-13-20-16(14-7-5-4-6-8-14)17(21)19(22-3)9-10-19/h4-8,13,15H,9-12H2,1-3H3. The number of ether oxygens (including phenoxy) is 2. The lowest BCUT2D eigenvalue weighted by molar-refractivity contribution is 0.0347. The molecule has 2 aromatic rings. The first-order valence-electron chi connectivity index (χ1n) is 8.36. The highest BCUT2D eigenvalue weighted by Gasteiger charge is 2.50. The molecular formula is C19H24N2O2. The summed E-state index contributed by atoms with van der Waals surface area (Å²) in [6.45, 7) is 5.06. The van der Waals surface area contributed by atoms with Crippen LogP contribution in [0.4, 0.5) is 0 Å². The van der Waals surface area contributed by atoms with Gasteiger partial charge in [0, 0.05) is 12.7 Å². The average molecular weight is 312 g/mol. The molecule has 1 aromatic heterocycles. The van der Waals surface area contributed by atoms with E-state index in [1.54, 1.807) is 0 Å². The molecular weight excluding hydrogens is 288 g/mol. The molecule has 1 saturated heterocycles. The van der Waals surface area contributed by atoms with Gasteiger partial charge in [-0.15, -0.1) is 0 Å². The summed E-state index contributed by atoms with van der Waals surface area (Å²) >= 11 is 0. The fourth-order valence-electron chi connectivity index (χ4n) is 3.73. The van der Waals surface area contributed by atoms with Crippen LogP contribution in [0.5, 0.6) is 0 Å². The SMILES string of the molecule is COC1(c2c(-c3ccccc3)ncn2C2COC(C)(C)C2)CC1. The first kappa shape index (κ1) is 14.9. The number of imidazole rings is 1. The van der Waals surface area contributed by atoms with E-state index in [-0.39, 0.29) is 11.2 Å². The number of methoxy groups -OCH3 is 1. The van der Waals surface area contributed by atoms with Gasteiger partial charge in [-0.3, -0.25) is 0 Å². The lowest BCUT2D eigenvalue weighted by Crippen LogP contribution is -2.21. The van der Waals surface area contributed by atoms with Crippen molar-refractivity contribution in [2.45, 2.75) is 50.4 Å². The highest BCUT2D eigenvalue weighted by atomic mass is 16.5. The Hall–Kier alpha value is -1.65. The molecule has 122 valence electrons. The Kier molecular flexibility index (Phi) is 3.36. The fourth-order valence-corrected chi connectivity index (χ4v) is 3.73. The number of benzene rings is 1. The van der Waals surface area contributed by atoms with Gasteiger partial charge in [0.2, 0.25) is 0 Å². The molecule has 1 saturated carbocycles. The summed E-state index contributed by atoms with van der Waals surface area (Å²) in [4.78, 5) is 4.76. The zero-order valence-corrected chi connectivity index (χ0v) is 14.1. The van der Waals surface area contributed by atoms with Crippen LogP contribution in [0, 0.1) is 0 Å². The molecule has 1 aliphatic carbocycles. The number of aromatic nitrogens is 2. The Bertz CT molecular complexity index is 701. The molecule has 0 amide bonds. The van der Waals surface area contributed by atoms with Gasteiger partial charge in [-0.1, -0.05) is 30.3 Å². The van der Waals surface area contributed by atoms with Gasteiger partial charge in [0.05, 0.1) is 36.0 Å². The summed E-state index contributed by atoms with van der Waals surface area (Å²) in [6.07, 6.45) is 5.11. The normalized spacial score (nSPS) is 24.7. The topological polar surface area (TPSA) is 36.3 Å². The van der Waals surface area contributed by atoms with Crippen LogP contribution in [0.2, 0.25) is 0 Å². The van der Waals surface area contributed by atoms with Gasteiger partial charge in [-0.2, -0.15) is 0 Å². The highest BCUT2D eigenvalue weighted by Crippen LogP contribution is 2.52. The van der Waals surface area contributed by atoms with Crippen molar-refractivity contribution >= 4 is 0 Å². The molecule has 4 heteroatoms. The molecule has 4 nitrogen and oxygen atoms in total. The van der Waals surface area contributed by atoms with Crippen molar-refractivity contribution in [1.82, 2.24) is 9.55 Å². The first-order chi connectivity index (χ1) is 11.0. The molecule has 1 aromatic carbocycles. The number of nitrogens with zero attached hydrogens (tertiary/aromatic N) is 2. The quantitative estimate of drug-likeness (QED) is 0.858. The molecule has 0 bridgehead atoms. The van der Waals surface area contributed by atoms with E-state index in [2.05, 4.69) is 42.7 Å². The third-order valence-electron chi connectivity index (χ3n) is 5.15. The van der Waals surface area contributed by atoms with Gasteiger partial charge in [0.25, 0.3) is 0 Å². The Labute approximate surface area is 137 Å².